The van der Waals surface area contributed by atoms with Crippen molar-refractivity contribution in [2.75, 3.05) is 25.1 Å². The third kappa shape index (κ3) is 8.95. The molecule has 0 amide bonds. The van der Waals surface area contributed by atoms with Crippen molar-refractivity contribution in [2.45, 2.75) is 84.2 Å². The van der Waals surface area contributed by atoms with Gasteiger partial charge in [-0.3, -0.25) is 4.79 Å². The highest BCUT2D eigenvalue weighted by molar-refractivity contribution is 5.72. The van der Waals surface area contributed by atoms with Crippen LogP contribution in [-0.4, -0.2) is 57.3 Å². The van der Waals surface area contributed by atoms with E-state index in [2.05, 4.69) is 26.9 Å². The van der Waals surface area contributed by atoms with Crippen LogP contribution in [0.15, 0.2) is 53.3 Å². The number of hydrogen-bond acceptors (Lipinski definition) is 7. The number of tetrazole rings is 1. The van der Waals surface area contributed by atoms with Crippen LogP contribution in [0.5, 0.6) is 0 Å². The summed E-state index contributed by atoms with van der Waals surface area (Å²) in [5.74, 6) is 0.0935. The molecule has 14 heteroatoms. The number of carbonyl (C=O) groups excluding carboxylic acids is 1. The summed E-state index contributed by atoms with van der Waals surface area (Å²) >= 11 is 0. The lowest BCUT2D eigenvalue weighted by Crippen LogP contribution is -2.39. The van der Waals surface area contributed by atoms with Gasteiger partial charge in [-0.1, -0.05) is 23.3 Å². The van der Waals surface area contributed by atoms with Gasteiger partial charge in [0.05, 0.1) is 37.2 Å². The van der Waals surface area contributed by atoms with E-state index in [1.54, 1.807) is 4.90 Å². The van der Waals surface area contributed by atoms with Crippen molar-refractivity contribution in [3.8, 4) is 0 Å². The number of carbonyl (C=O) groups is 1. The molecule has 2 aromatic rings. The van der Waals surface area contributed by atoms with Crippen LogP contribution < -0.4 is 4.90 Å². The van der Waals surface area contributed by atoms with Gasteiger partial charge in [0.15, 0.2) is 0 Å². The maximum absolute atomic E-state index is 13.8. The zero-order valence-electron chi connectivity index (χ0n) is 27.4. The van der Waals surface area contributed by atoms with Crippen molar-refractivity contribution in [1.29, 1.82) is 0 Å². The molecule has 0 bridgehead atoms. The number of anilines is 1. The molecule has 0 unspecified atom stereocenters. The Bertz CT molecular complexity index is 1470. The lowest BCUT2D eigenvalue weighted by Gasteiger charge is -2.37. The molecule has 1 saturated carbocycles. The molecule has 2 aliphatic rings. The van der Waals surface area contributed by atoms with Gasteiger partial charge in [0, 0.05) is 25.3 Å². The minimum absolute atomic E-state index is 0.0680. The molecule has 1 aromatic heterocycles. The fraction of sp³-hybridized carbons (Fsp3) is 0.576. The number of halogens is 6. The summed E-state index contributed by atoms with van der Waals surface area (Å²) < 4.78 is 87.5. The third-order valence-corrected chi connectivity index (χ3v) is 8.80. The number of aryl methyl sites for hydroxylation is 1. The van der Waals surface area contributed by atoms with Crippen LogP contribution in [0.3, 0.4) is 0 Å². The second-order valence-electron chi connectivity index (χ2n) is 12.7. The van der Waals surface area contributed by atoms with Gasteiger partial charge >= 0.3 is 18.3 Å². The Morgan fingerprint density at radius 2 is 1.64 bits per heavy atom. The number of allylic oxidation sites excluding steroid dienone is 3. The SMILES string of the molecule is C=C1/C(=C(/C)C=C(C)C)N(CC2CCC(C(=O)OC)CC2)CCC[C@@H]1N(Cc1cc(C(F)(F)F)cc(C(F)(F)F)c1)c1nnn(C)n1. The highest BCUT2D eigenvalue weighted by Crippen LogP contribution is 2.39. The minimum Gasteiger partial charge on any atom is -0.469 e. The fourth-order valence-electron chi connectivity index (χ4n) is 6.73. The minimum atomic E-state index is -4.98. The third-order valence-electron chi connectivity index (χ3n) is 8.80. The molecule has 1 aromatic carbocycles. The van der Waals surface area contributed by atoms with Gasteiger partial charge in [0.25, 0.3) is 5.95 Å². The van der Waals surface area contributed by atoms with E-state index in [1.165, 1.54) is 19.0 Å². The Morgan fingerprint density at radius 1 is 1.02 bits per heavy atom. The van der Waals surface area contributed by atoms with E-state index >= 15 is 0 Å². The van der Waals surface area contributed by atoms with Crippen LogP contribution in [0.4, 0.5) is 32.3 Å². The van der Waals surface area contributed by atoms with Gasteiger partial charge in [-0.05, 0) is 105 Å². The van der Waals surface area contributed by atoms with Gasteiger partial charge in [-0.15, -0.1) is 5.10 Å². The highest BCUT2D eigenvalue weighted by atomic mass is 19.4. The zero-order valence-corrected chi connectivity index (χ0v) is 27.4. The summed E-state index contributed by atoms with van der Waals surface area (Å²) in [7, 11) is 2.93. The van der Waals surface area contributed by atoms with Gasteiger partial charge in [0.1, 0.15) is 0 Å². The molecule has 1 atom stereocenters. The Kier molecular flexibility index (Phi) is 11.1. The topological polar surface area (TPSA) is 76.4 Å². The van der Waals surface area contributed by atoms with Crippen molar-refractivity contribution in [3.05, 3.63) is 70.0 Å². The fourth-order valence-corrected chi connectivity index (χ4v) is 6.73. The van der Waals surface area contributed by atoms with E-state index in [0.29, 0.717) is 30.9 Å². The molecule has 4 rings (SSSR count). The number of hydrogen-bond donors (Lipinski definition) is 0. The number of nitrogens with zero attached hydrogens (tertiary/aromatic N) is 6. The standard InChI is InChI=1S/C33H42F6N6O2/c1-20(2)14-21(3)29-22(4)28(8-7-13-44(29)18-23-9-11-25(12-10-23)30(46)47-6)45(31-40-42-43(5)41-31)19-24-15-26(32(34,35)36)17-27(16-24)33(37,38)39/h14-17,23,25,28H,4,7-13,18-19H2,1-3,5-6H3/b29-21+/t23?,25?,28-/m0/s1. The summed E-state index contributed by atoms with van der Waals surface area (Å²) in [6, 6.07) is 1.04. The number of alkyl halides is 6. The van der Waals surface area contributed by atoms with Crippen molar-refractivity contribution in [1.82, 2.24) is 25.1 Å². The first-order valence-corrected chi connectivity index (χ1v) is 15.6. The van der Waals surface area contributed by atoms with Crippen molar-refractivity contribution in [3.63, 3.8) is 0 Å². The molecule has 2 heterocycles. The van der Waals surface area contributed by atoms with Crippen molar-refractivity contribution < 1.29 is 35.9 Å². The Balaban J connectivity index is 1.73. The molecule has 47 heavy (non-hydrogen) atoms. The van der Waals surface area contributed by atoms with E-state index in [-0.39, 0.29) is 36.0 Å². The summed E-state index contributed by atoms with van der Waals surface area (Å²) in [6.07, 6.45) is -3.57. The molecular weight excluding hydrogens is 626 g/mol. The van der Waals surface area contributed by atoms with Crippen LogP contribution in [0.1, 0.15) is 76.0 Å². The van der Waals surface area contributed by atoms with E-state index in [4.69, 9.17) is 4.74 Å². The predicted octanol–water partition coefficient (Wildman–Crippen LogP) is 7.49. The second-order valence-corrected chi connectivity index (χ2v) is 12.7. The largest absolute Gasteiger partial charge is 0.469 e. The van der Waals surface area contributed by atoms with Crippen LogP contribution in [0.25, 0.3) is 0 Å². The molecule has 2 fully saturated rings. The second kappa shape index (κ2) is 14.5. The molecule has 8 nitrogen and oxygen atoms in total. The molecule has 0 radical (unpaired) electrons. The lowest BCUT2D eigenvalue weighted by molar-refractivity contribution is -0.147. The average Bonchev–Trinajstić information content (AvgIpc) is 3.35. The number of rotatable bonds is 8. The lowest BCUT2D eigenvalue weighted by atomic mass is 9.81. The van der Waals surface area contributed by atoms with E-state index in [0.717, 1.165) is 61.2 Å². The molecule has 0 N–H and O–H groups in total. The van der Waals surface area contributed by atoms with Crippen molar-refractivity contribution in [2.24, 2.45) is 18.9 Å². The number of esters is 1. The number of methoxy groups -OCH3 is 1. The van der Waals surface area contributed by atoms with Crippen molar-refractivity contribution >= 4 is 11.9 Å². The normalized spacial score (nSPS) is 22.1. The molecular formula is C33H42F6N6O2. The molecule has 1 aliphatic heterocycles. The number of ether oxygens (including phenoxy) is 1. The summed E-state index contributed by atoms with van der Waals surface area (Å²) in [5.41, 5.74) is 0.564. The Morgan fingerprint density at radius 3 is 2.15 bits per heavy atom. The number of aromatic nitrogens is 4. The average molecular weight is 669 g/mol. The maximum atomic E-state index is 13.8. The highest BCUT2D eigenvalue weighted by Gasteiger charge is 2.38. The molecule has 1 aliphatic carbocycles. The Hall–Kier alpha value is -3.84. The van der Waals surface area contributed by atoms with E-state index in [1.807, 2.05) is 26.8 Å². The van der Waals surface area contributed by atoms with Gasteiger partial charge in [0.2, 0.25) is 0 Å². The van der Waals surface area contributed by atoms with E-state index in [9.17, 15) is 31.1 Å². The van der Waals surface area contributed by atoms with Crippen LogP contribution in [-0.2, 0) is 35.5 Å². The Labute approximate surface area is 271 Å². The van der Waals surface area contributed by atoms with Gasteiger partial charge in [-0.2, -0.15) is 31.1 Å². The predicted molar refractivity (Wildman–Crippen MR) is 165 cm³/mol. The van der Waals surface area contributed by atoms with Crippen LogP contribution >= 0.6 is 0 Å². The molecule has 1 saturated heterocycles. The summed E-state index contributed by atoms with van der Waals surface area (Å²) in [4.78, 5) is 17.2. The first-order valence-electron chi connectivity index (χ1n) is 15.6. The first kappa shape index (κ1) is 36.0. The summed E-state index contributed by atoms with van der Waals surface area (Å²) in [6.45, 7) is 11.5. The number of likely N-dealkylation sites (tertiary alicyclic amines) is 1. The maximum Gasteiger partial charge on any atom is 0.416 e. The summed E-state index contributed by atoms with van der Waals surface area (Å²) in [5, 5.41) is 12.3. The monoisotopic (exact) mass is 668 g/mol. The smallest absolute Gasteiger partial charge is 0.416 e. The number of benzene rings is 1. The van der Waals surface area contributed by atoms with Gasteiger partial charge in [-0.25, -0.2) is 0 Å². The van der Waals surface area contributed by atoms with Gasteiger partial charge < -0.3 is 14.5 Å². The van der Waals surface area contributed by atoms with E-state index < -0.39 is 29.5 Å². The molecule has 258 valence electrons. The first-order chi connectivity index (χ1) is 22.0. The van der Waals surface area contributed by atoms with Crippen LogP contribution in [0.2, 0.25) is 0 Å². The molecule has 0 spiro atoms. The quantitative estimate of drug-likeness (QED) is 0.213. The zero-order chi connectivity index (χ0) is 34.7. The van der Waals surface area contributed by atoms with Crippen LogP contribution in [0, 0.1) is 11.8 Å².